The van der Waals surface area contributed by atoms with Gasteiger partial charge in [0.15, 0.2) is 0 Å². The van der Waals surface area contributed by atoms with Crippen LogP contribution < -0.4 is 0 Å². The normalized spacial score (nSPS) is 17.6. The summed E-state index contributed by atoms with van der Waals surface area (Å²) in [5.41, 5.74) is 2.71. The highest BCUT2D eigenvalue weighted by Crippen LogP contribution is 2.24. The smallest absolute Gasteiger partial charge is 0.253 e. The number of nitrogens with zero attached hydrogens (tertiary/aromatic N) is 4. The molecule has 0 aliphatic carbocycles. The molecule has 0 bridgehead atoms. The molecule has 3 heterocycles. The maximum absolute atomic E-state index is 13.0. The zero-order valence-electron chi connectivity index (χ0n) is 14.4. The van der Waals surface area contributed by atoms with Crippen LogP contribution in [0.5, 0.6) is 0 Å². The molecule has 1 aliphatic heterocycles. The number of aromatic nitrogens is 3. The van der Waals surface area contributed by atoms with E-state index in [1.807, 2.05) is 63.0 Å². The van der Waals surface area contributed by atoms with Crippen LogP contribution in [-0.4, -0.2) is 38.0 Å². The highest BCUT2D eigenvalue weighted by molar-refractivity contribution is 5.95. The lowest BCUT2D eigenvalue weighted by atomic mass is 9.99. The minimum Gasteiger partial charge on any atom is -0.338 e. The molecule has 0 spiro atoms. The van der Waals surface area contributed by atoms with Gasteiger partial charge in [0.1, 0.15) is 0 Å². The number of piperidine rings is 1. The van der Waals surface area contributed by atoms with Crippen LogP contribution in [0, 0.1) is 5.92 Å². The fraction of sp³-hybridized carbons (Fsp3) is 0.300. The van der Waals surface area contributed by atoms with E-state index in [9.17, 15) is 4.79 Å². The molecule has 1 amide bonds. The van der Waals surface area contributed by atoms with Gasteiger partial charge in [0.25, 0.3) is 5.91 Å². The number of carbonyl (C=O) groups is 1. The van der Waals surface area contributed by atoms with Crippen molar-refractivity contribution < 1.29 is 4.79 Å². The lowest BCUT2D eigenvalue weighted by Crippen LogP contribution is -2.39. The average molecular weight is 334 g/mol. The number of hydrogen-bond acceptors (Lipinski definition) is 2. The van der Waals surface area contributed by atoms with Gasteiger partial charge in [0, 0.05) is 43.4 Å². The van der Waals surface area contributed by atoms with Crippen molar-refractivity contribution in [2.75, 3.05) is 13.1 Å². The summed E-state index contributed by atoms with van der Waals surface area (Å²) in [6.07, 6.45) is 11.7. The third-order valence-electron chi connectivity index (χ3n) is 4.83. The van der Waals surface area contributed by atoms with E-state index in [4.69, 9.17) is 0 Å². The molecule has 128 valence electrons. The third kappa shape index (κ3) is 3.09. The molecule has 1 fully saturated rings. The first-order valence-corrected chi connectivity index (χ1v) is 8.77. The van der Waals surface area contributed by atoms with E-state index in [0.29, 0.717) is 5.92 Å². The molecule has 0 radical (unpaired) electrons. The van der Waals surface area contributed by atoms with E-state index in [0.717, 1.165) is 36.4 Å². The van der Waals surface area contributed by atoms with Gasteiger partial charge >= 0.3 is 0 Å². The van der Waals surface area contributed by atoms with Crippen LogP contribution in [0.4, 0.5) is 0 Å². The van der Waals surface area contributed by atoms with Crippen LogP contribution in [0.15, 0.2) is 61.4 Å². The second-order valence-corrected chi connectivity index (χ2v) is 6.76. The standard InChI is InChI=1S/C20H22N4O/c1-16-5-4-11-23(14-16)20(25)17-6-7-18(24-12-8-21-15-24)19(13-17)22-9-2-3-10-22/h2-3,6-10,12-13,15-16H,4-5,11,14H2,1H3. The molecule has 1 unspecified atom stereocenters. The first-order chi connectivity index (χ1) is 12.2. The lowest BCUT2D eigenvalue weighted by molar-refractivity contribution is 0.0683. The zero-order chi connectivity index (χ0) is 17.2. The Morgan fingerprint density at radius 1 is 1.12 bits per heavy atom. The van der Waals surface area contributed by atoms with Crippen molar-refractivity contribution >= 4 is 5.91 Å². The van der Waals surface area contributed by atoms with Crippen LogP contribution in [0.1, 0.15) is 30.1 Å². The van der Waals surface area contributed by atoms with Gasteiger partial charge in [-0.3, -0.25) is 4.79 Å². The molecule has 2 aromatic heterocycles. The first-order valence-electron chi connectivity index (χ1n) is 8.77. The van der Waals surface area contributed by atoms with E-state index < -0.39 is 0 Å². The molecule has 1 saturated heterocycles. The van der Waals surface area contributed by atoms with Gasteiger partial charge < -0.3 is 14.0 Å². The minimum absolute atomic E-state index is 0.122. The maximum atomic E-state index is 13.0. The van der Waals surface area contributed by atoms with E-state index in [1.54, 1.807) is 12.5 Å². The highest BCUT2D eigenvalue weighted by Gasteiger charge is 2.23. The number of imidazole rings is 1. The Balaban J connectivity index is 1.73. The molecule has 1 aromatic carbocycles. The summed E-state index contributed by atoms with van der Waals surface area (Å²) in [7, 11) is 0. The van der Waals surface area contributed by atoms with Gasteiger partial charge in [-0.1, -0.05) is 6.92 Å². The zero-order valence-corrected chi connectivity index (χ0v) is 14.4. The SMILES string of the molecule is CC1CCCN(C(=O)c2ccc(-n3ccnc3)c(-n3cccc3)c2)C1. The van der Waals surface area contributed by atoms with Crippen molar-refractivity contribution in [3.8, 4) is 11.4 Å². The van der Waals surface area contributed by atoms with Gasteiger partial charge in [-0.25, -0.2) is 4.98 Å². The monoisotopic (exact) mass is 334 g/mol. The molecule has 1 atom stereocenters. The van der Waals surface area contributed by atoms with Gasteiger partial charge in [-0.05, 0) is 49.1 Å². The fourth-order valence-corrected chi connectivity index (χ4v) is 3.53. The van der Waals surface area contributed by atoms with Crippen molar-refractivity contribution in [1.29, 1.82) is 0 Å². The average Bonchev–Trinajstić information content (AvgIpc) is 3.34. The van der Waals surface area contributed by atoms with Gasteiger partial charge in [-0.15, -0.1) is 0 Å². The van der Waals surface area contributed by atoms with E-state index in [2.05, 4.69) is 11.9 Å². The predicted molar refractivity (Wildman–Crippen MR) is 97.2 cm³/mol. The molecule has 0 N–H and O–H groups in total. The maximum Gasteiger partial charge on any atom is 0.253 e. The summed E-state index contributed by atoms with van der Waals surface area (Å²) in [4.78, 5) is 19.1. The van der Waals surface area contributed by atoms with Crippen LogP contribution in [0.25, 0.3) is 11.4 Å². The summed E-state index contributed by atoms with van der Waals surface area (Å²) in [5, 5.41) is 0. The van der Waals surface area contributed by atoms with Crippen LogP contribution in [0.2, 0.25) is 0 Å². The largest absolute Gasteiger partial charge is 0.338 e. The number of hydrogen-bond donors (Lipinski definition) is 0. The van der Waals surface area contributed by atoms with E-state index in [-0.39, 0.29) is 5.91 Å². The van der Waals surface area contributed by atoms with Crippen molar-refractivity contribution in [1.82, 2.24) is 19.0 Å². The van der Waals surface area contributed by atoms with Gasteiger partial charge in [0.2, 0.25) is 0 Å². The van der Waals surface area contributed by atoms with Crippen LogP contribution in [0.3, 0.4) is 0 Å². The summed E-state index contributed by atoms with van der Waals surface area (Å²) < 4.78 is 4.00. The Kier molecular flexibility index (Phi) is 4.14. The van der Waals surface area contributed by atoms with Crippen molar-refractivity contribution in [3.63, 3.8) is 0 Å². The molecular weight excluding hydrogens is 312 g/mol. The Morgan fingerprint density at radius 2 is 1.96 bits per heavy atom. The van der Waals surface area contributed by atoms with Crippen molar-refractivity contribution in [2.45, 2.75) is 19.8 Å². The van der Waals surface area contributed by atoms with E-state index in [1.165, 1.54) is 6.42 Å². The molecule has 5 nitrogen and oxygen atoms in total. The van der Waals surface area contributed by atoms with Crippen LogP contribution >= 0.6 is 0 Å². The predicted octanol–water partition coefficient (Wildman–Crippen LogP) is 3.54. The highest BCUT2D eigenvalue weighted by atomic mass is 16.2. The molecule has 4 rings (SSSR count). The summed E-state index contributed by atoms with van der Waals surface area (Å²) in [6.45, 7) is 3.92. The number of amides is 1. The topological polar surface area (TPSA) is 43.1 Å². The molecule has 0 saturated carbocycles. The molecule has 5 heteroatoms. The fourth-order valence-electron chi connectivity index (χ4n) is 3.53. The van der Waals surface area contributed by atoms with E-state index >= 15 is 0 Å². The number of likely N-dealkylation sites (tertiary alicyclic amines) is 1. The minimum atomic E-state index is 0.122. The number of benzene rings is 1. The first kappa shape index (κ1) is 15.7. The number of carbonyl (C=O) groups excluding carboxylic acids is 1. The Labute approximate surface area is 147 Å². The molecule has 25 heavy (non-hydrogen) atoms. The Hall–Kier alpha value is -2.82. The van der Waals surface area contributed by atoms with Crippen molar-refractivity contribution in [2.24, 2.45) is 5.92 Å². The number of rotatable bonds is 3. The van der Waals surface area contributed by atoms with Gasteiger partial charge in [-0.2, -0.15) is 0 Å². The summed E-state index contributed by atoms with van der Waals surface area (Å²) in [6, 6.07) is 9.87. The molecular formula is C20H22N4O. The quantitative estimate of drug-likeness (QED) is 0.735. The lowest BCUT2D eigenvalue weighted by Gasteiger charge is -2.31. The van der Waals surface area contributed by atoms with Crippen LogP contribution in [-0.2, 0) is 0 Å². The second kappa shape index (κ2) is 6.59. The van der Waals surface area contributed by atoms with Gasteiger partial charge in [0.05, 0.1) is 17.7 Å². The van der Waals surface area contributed by atoms with Crippen molar-refractivity contribution in [3.05, 3.63) is 67.0 Å². The second-order valence-electron chi connectivity index (χ2n) is 6.76. The Morgan fingerprint density at radius 3 is 2.68 bits per heavy atom. The summed E-state index contributed by atoms with van der Waals surface area (Å²) in [5.74, 6) is 0.698. The summed E-state index contributed by atoms with van der Waals surface area (Å²) >= 11 is 0. The third-order valence-corrected chi connectivity index (χ3v) is 4.83. The molecule has 1 aliphatic rings. The molecule has 3 aromatic rings. The Bertz CT molecular complexity index is 852.